The van der Waals surface area contributed by atoms with Gasteiger partial charge in [0.05, 0.1) is 16.9 Å². The number of alkyl halides is 3. The van der Waals surface area contributed by atoms with Gasteiger partial charge in [-0.3, -0.25) is 9.59 Å². The fourth-order valence-corrected chi connectivity index (χ4v) is 2.93. The molecule has 0 aliphatic heterocycles. The van der Waals surface area contributed by atoms with Gasteiger partial charge in [-0.1, -0.05) is 12.1 Å². The Balaban J connectivity index is 1.92. The molecule has 0 aliphatic rings. The molecule has 2 aromatic rings. The van der Waals surface area contributed by atoms with Crippen LogP contribution in [0.15, 0.2) is 53.4 Å². The van der Waals surface area contributed by atoms with Crippen LogP contribution in [0.25, 0.3) is 0 Å². The predicted octanol–water partition coefficient (Wildman–Crippen LogP) is 4.18. The smallest absolute Gasteiger partial charge is 0.416 e. The number of halogens is 3. The van der Waals surface area contributed by atoms with Gasteiger partial charge in [-0.25, -0.2) is 4.79 Å². The van der Waals surface area contributed by atoms with Crippen LogP contribution in [0.2, 0.25) is 0 Å². The molecule has 1 N–H and O–H groups in total. The zero-order chi connectivity index (χ0) is 20.7. The summed E-state index contributed by atoms with van der Waals surface area (Å²) in [4.78, 5) is 35.7. The first-order valence-electron chi connectivity index (χ1n) is 8.02. The zero-order valence-corrected chi connectivity index (χ0v) is 15.5. The van der Waals surface area contributed by atoms with Gasteiger partial charge in [0.15, 0.2) is 6.61 Å². The molecule has 5 nitrogen and oxygen atoms in total. The van der Waals surface area contributed by atoms with Crippen LogP contribution in [0.5, 0.6) is 0 Å². The Morgan fingerprint density at radius 2 is 1.68 bits per heavy atom. The number of rotatable bonds is 7. The van der Waals surface area contributed by atoms with E-state index in [4.69, 9.17) is 4.74 Å². The van der Waals surface area contributed by atoms with Crippen molar-refractivity contribution < 1.29 is 32.3 Å². The highest BCUT2D eigenvalue weighted by Crippen LogP contribution is 2.29. The minimum Gasteiger partial charge on any atom is -0.452 e. The van der Waals surface area contributed by atoms with E-state index in [2.05, 4.69) is 5.32 Å². The van der Waals surface area contributed by atoms with Crippen molar-refractivity contribution in [1.29, 1.82) is 0 Å². The van der Waals surface area contributed by atoms with E-state index in [0.29, 0.717) is 4.90 Å². The van der Waals surface area contributed by atoms with Gasteiger partial charge >= 0.3 is 12.1 Å². The van der Waals surface area contributed by atoms with Gasteiger partial charge in [-0.2, -0.15) is 13.2 Å². The first-order valence-corrected chi connectivity index (χ1v) is 9.01. The maximum absolute atomic E-state index is 12.5. The molecule has 0 spiro atoms. The Labute approximate surface area is 163 Å². The topological polar surface area (TPSA) is 72.5 Å². The molecule has 0 saturated carbocycles. The summed E-state index contributed by atoms with van der Waals surface area (Å²) in [5.41, 5.74) is -0.473. The predicted molar refractivity (Wildman–Crippen MR) is 98.2 cm³/mol. The van der Waals surface area contributed by atoms with E-state index in [1.165, 1.54) is 24.8 Å². The van der Waals surface area contributed by atoms with Crippen molar-refractivity contribution in [2.45, 2.75) is 18.0 Å². The standard InChI is InChI=1S/C19H16F3NO4S/c1-12(24)11-28-16-5-3-2-4-15(16)18(26)27-10-17(25)23-14-8-6-13(7-9-14)19(20,21)22/h2-9H,10-11H2,1H3,(H,23,25). The van der Waals surface area contributed by atoms with Gasteiger partial charge < -0.3 is 10.1 Å². The van der Waals surface area contributed by atoms with E-state index in [0.717, 1.165) is 24.3 Å². The molecule has 0 aliphatic carbocycles. The second-order valence-corrected chi connectivity index (χ2v) is 6.70. The third-order valence-electron chi connectivity index (χ3n) is 3.37. The lowest BCUT2D eigenvalue weighted by molar-refractivity contribution is -0.137. The fourth-order valence-electron chi connectivity index (χ4n) is 2.09. The lowest BCUT2D eigenvalue weighted by Crippen LogP contribution is -2.21. The molecule has 0 bridgehead atoms. The Morgan fingerprint density at radius 3 is 2.29 bits per heavy atom. The van der Waals surface area contributed by atoms with E-state index >= 15 is 0 Å². The Kier molecular flexibility index (Phi) is 7.22. The van der Waals surface area contributed by atoms with Gasteiger partial charge in [-0.05, 0) is 43.3 Å². The first-order chi connectivity index (χ1) is 13.2. The number of nitrogens with one attached hydrogen (secondary N) is 1. The summed E-state index contributed by atoms with van der Waals surface area (Å²) < 4.78 is 42.5. The molecular weight excluding hydrogens is 395 g/mol. The van der Waals surface area contributed by atoms with Crippen LogP contribution in [0.3, 0.4) is 0 Å². The summed E-state index contributed by atoms with van der Waals surface area (Å²) >= 11 is 1.18. The molecule has 0 saturated heterocycles. The lowest BCUT2D eigenvalue weighted by atomic mass is 10.2. The minimum atomic E-state index is -4.47. The van der Waals surface area contributed by atoms with E-state index in [-0.39, 0.29) is 22.8 Å². The normalized spacial score (nSPS) is 11.0. The Hall–Kier alpha value is -2.81. The van der Waals surface area contributed by atoms with Crippen LogP contribution >= 0.6 is 11.8 Å². The van der Waals surface area contributed by atoms with E-state index in [1.807, 2.05) is 0 Å². The van der Waals surface area contributed by atoms with Gasteiger partial charge in [0, 0.05) is 10.6 Å². The fraction of sp³-hybridized carbons (Fsp3) is 0.211. The van der Waals surface area contributed by atoms with Gasteiger partial charge in [0.1, 0.15) is 5.78 Å². The molecule has 28 heavy (non-hydrogen) atoms. The molecular formula is C19H16F3NO4S. The maximum atomic E-state index is 12.5. The largest absolute Gasteiger partial charge is 0.452 e. The molecule has 0 fully saturated rings. The average molecular weight is 411 g/mol. The van der Waals surface area contributed by atoms with Crippen LogP contribution in [0.4, 0.5) is 18.9 Å². The van der Waals surface area contributed by atoms with Crippen molar-refractivity contribution in [3.8, 4) is 0 Å². The Bertz CT molecular complexity index is 866. The monoisotopic (exact) mass is 411 g/mol. The van der Waals surface area contributed by atoms with E-state index < -0.39 is 30.2 Å². The number of esters is 1. The van der Waals surface area contributed by atoms with E-state index in [1.54, 1.807) is 18.2 Å². The summed E-state index contributed by atoms with van der Waals surface area (Å²) in [5.74, 6) is -1.29. The number of ether oxygens (including phenoxy) is 1. The molecule has 0 aromatic heterocycles. The molecule has 0 heterocycles. The second kappa shape index (κ2) is 9.41. The quantitative estimate of drug-likeness (QED) is 0.547. The summed E-state index contributed by atoms with van der Waals surface area (Å²) in [6.07, 6.45) is -4.47. The van der Waals surface area contributed by atoms with Gasteiger partial charge in [0.2, 0.25) is 0 Å². The highest BCUT2D eigenvalue weighted by Gasteiger charge is 2.30. The van der Waals surface area contributed by atoms with Gasteiger partial charge in [0.25, 0.3) is 5.91 Å². The highest BCUT2D eigenvalue weighted by molar-refractivity contribution is 8.00. The highest BCUT2D eigenvalue weighted by atomic mass is 32.2. The zero-order valence-electron chi connectivity index (χ0n) is 14.7. The molecule has 9 heteroatoms. The van der Waals surface area contributed by atoms with Crippen molar-refractivity contribution >= 4 is 35.1 Å². The average Bonchev–Trinajstić information content (AvgIpc) is 2.64. The van der Waals surface area contributed by atoms with Crippen molar-refractivity contribution in [2.75, 3.05) is 17.7 Å². The lowest BCUT2D eigenvalue weighted by Gasteiger charge is -2.10. The van der Waals surface area contributed by atoms with Crippen LogP contribution in [-0.2, 0) is 20.5 Å². The number of ketones is 1. The summed E-state index contributed by atoms with van der Waals surface area (Å²) in [6.45, 7) is 0.824. The summed E-state index contributed by atoms with van der Waals surface area (Å²) in [7, 11) is 0. The third-order valence-corrected chi connectivity index (χ3v) is 4.59. The number of amides is 1. The molecule has 2 aromatic carbocycles. The summed E-state index contributed by atoms with van der Waals surface area (Å²) in [6, 6.07) is 10.4. The molecule has 1 amide bonds. The molecule has 0 atom stereocenters. The summed E-state index contributed by atoms with van der Waals surface area (Å²) in [5, 5.41) is 2.35. The molecule has 0 radical (unpaired) electrons. The van der Waals surface area contributed by atoms with Crippen molar-refractivity contribution in [3.05, 3.63) is 59.7 Å². The number of hydrogen-bond acceptors (Lipinski definition) is 5. The molecule has 0 unspecified atom stereocenters. The van der Waals surface area contributed by atoms with Gasteiger partial charge in [-0.15, -0.1) is 11.8 Å². The van der Waals surface area contributed by atoms with Crippen molar-refractivity contribution in [3.63, 3.8) is 0 Å². The maximum Gasteiger partial charge on any atom is 0.416 e. The minimum absolute atomic E-state index is 0.0518. The molecule has 2 rings (SSSR count). The SMILES string of the molecule is CC(=O)CSc1ccccc1C(=O)OCC(=O)Nc1ccc(C(F)(F)F)cc1. The van der Waals surface area contributed by atoms with Crippen LogP contribution < -0.4 is 5.32 Å². The van der Waals surface area contributed by atoms with Crippen molar-refractivity contribution in [1.82, 2.24) is 0 Å². The van der Waals surface area contributed by atoms with Crippen LogP contribution in [0.1, 0.15) is 22.8 Å². The third kappa shape index (κ3) is 6.41. The number of anilines is 1. The molecule has 148 valence electrons. The van der Waals surface area contributed by atoms with E-state index in [9.17, 15) is 27.6 Å². The number of carbonyl (C=O) groups is 3. The van der Waals surface area contributed by atoms with Crippen LogP contribution in [-0.4, -0.2) is 30.0 Å². The second-order valence-electron chi connectivity index (χ2n) is 5.69. The van der Waals surface area contributed by atoms with Crippen LogP contribution in [0, 0.1) is 0 Å². The van der Waals surface area contributed by atoms with Crippen molar-refractivity contribution in [2.24, 2.45) is 0 Å². The first kappa shape index (κ1) is 21.5. The number of carbonyl (C=O) groups excluding carboxylic acids is 3. The number of benzene rings is 2. The number of Topliss-reactive ketones (excluding diaryl/α,β-unsaturated/α-hetero) is 1. The number of thioether (sulfide) groups is 1. The number of hydrogen-bond donors (Lipinski definition) is 1. The Morgan fingerprint density at radius 1 is 1.04 bits per heavy atom.